The summed E-state index contributed by atoms with van der Waals surface area (Å²) in [5, 5.41) is 1.73. The molecule has 2 aliphatic heterocycles. The highest BCUT2D eigenvalue weighted by Crippen LogP contribution is 2.46. The van der Waals surface area contributed by atoms with Crippen LogP contribution in [0, 0.1) is 12.8 Å². The van der Waals surface area contributed by atoms with Gasteiger partial charge in [0.15, 0.2) is 6.10 Å². The quantitative estimate of drug-likeness (QED) is 0.623. The summed E-state index contributed by atoms with van der Waals surface area (Å²) in [6.45, 7) is 2.29. The second-order valence-corrected chi connectivity index (χ2v) is 7.82. The zero-order chi connectivity index (χ0) is 20.7. The number of para-hydroxylation sites is 1. The Bertz CT molecular complexity index is 1070. The number of hydroxylamine groups is 1. The molecular weight excluding hydrogens is 376 g/mol. The summed E-state index contributed by atoms with van der Waals surface area (Å²) >= 11 is 0. The van der Waals surface area contributed by atoms with E-state index >= 15 is 0 Å². The van der Waals surface area contributed by atoms with E-state index in [1.807, 2.05) is 91.9 Å². The Labute approximate surface area is 175 Å². The largest absolute Gasteiger partial charge is 0.275 e. The third kappa shape index (κ3) is 3.08. The smallest absolute Gasteiger partial charge is 0.262 e. The fraction of sp³-hybridized carbons (Fsp3) is 0.200. The van der Waals surface area contributed by atoms with E-state index in [1.165, 1.54) is 4.90 Å². The van der Waals surface area contributed by atoms with Crippen molar-refractivity contribution in [3.05, 3.63) is 102 Å². The molecule has 2 amide bonds. The molecule has 5 heteroatoms. The molecule has 3 aromatic carbocycles. The van der Waals surface area contributed by atoms with Crippen LogP contribution >= 0.6 is 0 Å². The van der Waals surface area contributed by atoms with Gasteiger partial charge < -0.3 is 0 Å². The van der Waals surface area contributed by atoms with Crippen LogP contribution in [0.1, 0.15) is 22.7 Å². The van der Waals surface area contributed by atoms with Gasteiger partial charge in [-0.15, -0.1) is 0 Å². The fourth-order valence-corrected chi connectivity index (χ4v) is 4.29. The maximum Gasteiger partial charge on any atom is 0.262 e. The number of hydrogen-bond acceptors (Lipinski definition) is 4. The zero-order valence-corrected chi connectivity index (χ0v) is 16.6. The summed E-state index contributed by atoms with van der Waals surface area (Å²) in [5.74, 6) is -1.04. The summed E-state index contributed by atoms with van der Waals surface area (Å²) < 4.78 is 0. The molecule has 0 saturated carbocycles. The standard InChI is InChI=1S/C25H22N2O3/c1-17-12-14-19(15-13-17)22-21-23(30-27(22)20-10-6-3-7-11-20)25(29)26(24(21)28)16-18-8-4-2-5-9-18/h2-15,21-23H,16H2,1H3/t21-,22+,23-/m1/s1. The molecule has 150 valence electrons. The highest BCUT2D eigenvalue weighted by Gasteiger charge is 2.59. The lowest BCUT2D eigenvalue weighted by molar-refractivity contribution is -0.143. The van der Waals surface area contributed by atoms with Crippen molar-refractivity contribution in [3.63, 3.8) is 0 Å². The minimum absolute atomic E-state index is 0.183. The monoisotopic (exact) mass is 398 g/mol. The Morgan fingerprint density at radius 2 is 1.43 bits per heavy atom. The number of carbonyl (C=O) groups is 2. The number of nitrogens with zero attached hydrogens (tertiary/aromatic N) is 2. The van der Waals surface area contributed by atoms with E-state index in [-0.39, 0.29) is 24.4 Å². The van der Waals surface area contributed by atoms with E-state index in [9.17, 15) is 9.59 Å². The number of anilines is 1. The summed E-state index contributed by atoms with van der Waals surface area (Å²) in [6.07, 6.45) is -0.812. The van der Waals surface area contributed by atoms with Gasteiger partial charge in [0.05, 0.1) is 18.3 Å². The van der Waals surface area contributed by atoms with Gasteiger partial charge in [-0.1, -0.05) is 78.4 Å². The molecule has 5 nitrogen and oxygen atoms in total. The minimum atomic E-state index is -0.812. The van der Waals surface area contributed by atoms with Gasteiger partial charge in [-0.25, -0.2) is 5.06 Å². The summed E-state index contributed by atoms with van der Waals surface area (Å²) in [4.78, 5) is 34.1. The molecule has 2 fully saturated rings. The maximum atomic E-state index is 13.4. The number of rotatable bonds is 4. The molecular formula is C25H22N2O3. The van der Waals surface area contributed by atoms with Gasteiger partial charge in [-0.2, -0.15) is 0 Å². The maximum absolute atomic E-state index is 13.4. The van der Waals surface area contributed by atoms with Crippen LogP contribution in [0.25, 0.3) is 0 Å². The van der Waals surface area contributed by atoms with Crippen molar-refractivity contribution in [2.45, 2.75) is 25.6 Å². The molecule has 0 N–H and O–H groups in total. The van der Waals surface area contributed by atoms with Gasteiger partial charge in [0.1, 0.15) is 5.92 Å². The molecule has 3 atom stereocenters. The number of amides is 2. The first kappa shape index (κ1) is 18.6. The number of carbonyl (C=O) groups excluding carboxylic acids is 2. The van der Waals surface area contributed by atoms with Crippen LogP contribution in [0.2, 0.25) is 0 Å². The fourth-order valence-electron chi connectivity index (χ4n) is 4.29. The van der Waals surface area contributed by atoms with Crippen molar-refractivity contribution in [2.24, 2.45) is 5.92 Å². The lowest BCUT2D eigenvalue weighted by Crippen LogP contribution is -2.36. The number of benzene rings is 3. The zero-order valence-electron chi connectivity index (χ0n) is 16.6. The van der Waals surface area contributed by atoms with Gasteiger partial charge in [-0.3, -0.25) is 19.3 Å². The van der Waals surface area contributed by atoms with Crippen LogP contribution in [0.5, 0.6) is 0 Å². The van der Waals surface area contributed by atoms with Crippen LogP contribution in [0.3, 0.4) is 0 Å². The third-order valence-electron chi connectivity index (χ3n) is 5.82. The average molecular weight is 398 g/mol. The van der Waals surface area contributed by atoms with Crippen LogP contribution in [-0.4, -0.2) is 22.8 Å². The molecule has 0 aromatic heterocycles. The first-order valence-electron chi connectivity index (χ1n) is 10.1. The second kappa shape index (κ2) is 7.43. The van der Waals surface area contributed by atoms with E-state index in [0.717, 1.165) is 22.4 Å². The topological polar surface area (TPSA) is 49.9 Å². The van der Waals surface area contributed by atoms with Crippen molar-refractivity contribution in [1.82, 2.24) is 4.90 Å². The van der Waals surface area contributed by atoms with Gasteiger partial charge in [-0.05, 0) is 30.2 Å². The number of imide groups is 1. The number of likely N-dealkylation sites (tertiary alicyclic amines) is 1. The summed E-state index contributed by atoms with van der Waals surface area (Å²) in [5.41, 5.74) is 3.85. The lowest BCUT2D eigenvalue weighted by atomic mass is 9.90. The molecule has 0 spiro atoms. The Kier molecular flexibility index (Phi) is 4.60. The van der Waals surface area contributed by atoms with E-state index in [4.69, 9.17) is 4.84 Å². The Morgan fingerprint density at radius 1 is 0.800 bits per heavy atom. The molecule has 2 saturated heterocycles. The van der Waals surface area contributed by atoms with Gasteiger partial charge in [0, 0.05) is 0 Å². The molecule has 3 aromatic rings. The number of aryl methyl sites for hydroxylation is 1. The van der Waals surface area contributed by atoms with Crippen LogP contribution in [-0.2, 0) is 21.0 Å². The first-order valence-corrected chi connectivity index (χ1v) is 10.1. The predicted molar refractivity (Wildman–Crippen MR) is 113 cm³/mol. The van der Waals surface area contributed by atoms with Gasteiger partial charge in [0.25, 0.3) is 5.91 Å². The van der Waals surface area contributed by atoms with Gasteiger partial charge in [0.2, 0.25) is 5.91 Å². The molecule has 2 aliphatic rings. The summed E-state index contributed by atoms with van der Waals surface area (Å²) in [7, 11) is 0. The highest BCUT2D eigenvalue weighted by molar-refractivity contribution is 6.07. The molecule has 2 heterocycles. The SMILES string of the molecule is Cc1ccc([C@H]2[C@H]3C(=O)N(Cc4ccccc4)C(=O)[C@@H]3ON2c2ccccc2)cc1. The average Bonchev–Trinajstić information content (AvgIpc) is 3.28. The van der Waals surface area contributed by atoms with E-state index in [1.54, 1.807) is 5.06 Å². The predicted octanol–water partition coefficient (Wildman–Crippen LogP) is 4.04. The van der Waals surface area contributed by atoms with Crippen molar-refractivity contribution < 1.29 is 14.4 Å². The Morgan fingerprint density at radius 3 is 2.10 bits per heavy atom. The molecule has 0 unspecified atom stereocenters. The molecule has 30 heavy (non-hydrogen) atoms. The highest BCUT2D eigenvalue weighted by atomic mass is 16.7. The molecule has 0 bridgehead atoms. The molecule has 0 aliphatic carbocycles. The first-order chi connectivity index (χ1) is 14.6. The van der Waals surface area contributed by atoms with Crippen molar-refractivity contribution in [2.75, 3.05) is 5.06 Å². The van der Waals surface area contributed by atoms with Crippen LogP contribution in [0.4, 0.5) is 5.69 Å². The van der Waals surface area contributed by atoms with Crippen LogP contribution in [0.15, 0.2) is 84.9 Å². The lowest BCUT2D eigenvalue weighted by Gasteiger charge is -2.28. The van der Waals surface area contributed by atoms with Gasteiger partial charge >= 0.3 is 0 Å². The van der Waals surface area contributed by atoms with E-state index in [0.29, 0.717) is 0 Å². The van der Waals surface area contributed by atoms with Crippen LogP contribution < -0.4 is 5.06 Å². The van der Waals surface area contributed by atoms with E-state index < -0.39 is 12.0 Å². The number of hydrogen-bond donors (Lipinski definition) is 0. The Balaban J connectivity index is 1.52. The third-order valence-corrected chi connectivity index (χ3v) is 5.82. The number of fused-ring (bicyclic) bond motifs is 1. The Hall–Kier alpha value is -3.44. The summed E-state index contributed by atoms with van der Waals surface area (Å²) in [6, 6.07) is 26.9. The molecule has 0 radical (unpaired) electrons. The van der Waals surface area contributed by atoms with Crippen molar-refractivity contribution in [1.29, 1.82) is 0 Å². The van der Waals surface area contributed by atoms with E-state index in [2.05, 4.69) is 0 Å². The normalized spacial score (nSPS) is 23.2. The molecule has 5 rings (SSSR count). The second-order valence-electron chi connectivity index (χ2n) is 7.82. The minimum Gasteiger partial charge on any atom is -0.275 e. The van der Waals surface area contributed by atoms with Crippen molar-refractivity contribution in [3.8, 4) is 0 Å². The van der Waals surface area contributed by atoms with Crippen molar-refractivity contribution >= 4 is 17.5 Å².